The van der Waals surface area contributed by atoms with Crippen molar-refractivity contribution in [2.75, 3.05) is 13.2 Å². The zero-order valence-electron chi connectivity index (χ0n) is 55.5. The highest BCUT2D eigenvalue weighted by molar-refractivity contribution is 5.76. The Bertz CT molecular complexity index is 1330. The summed E-state index contributed by atoms with van der Waals surface area (Å²) in [5, 5.41) is 23.5. The van der Waals surface area contributed by atoms with Gasteiger partial charge >= 0.3 is 5.97 Å². The van der Waals surface area contributed by atoms with Crippen LogP contribution in [0.1, 0.15) is 412 Å². The lowest BCUT2D eigenvalue weighted by Crippen LogP contribution is -2.45. The SMILES string of the molecule is CCCCCCCC/C=C\CCCCCCCCCC(=O)OCCCCCCCCCCC/C=C\C/C=C\CCCCCCCCCC(=O)NC(CO)C(O)CCCCCCCCCCCCCCCCCCCCCCCCCCC. The van der Waals surface area contributed by atoms with Crippen molar-refractivity contribution < 1.29 is 24.5 Å². The van der Waals surface area contributed by atoms with E-state index in [9.17, 15) is 19.8 Å². The second-order valence-electron chi connectivity index (χ2n) is 25.6. The average molecular weight is 1150 g/mol. The van der Waals surface area contributed by atoms with Crippen molar-refractivity contribution in [3.63, 3.8) is 0 Å². The third-order valence-corrected chi connectivity index (χ3v) is 17.4. The molecule has 0 spiro atoms. The number of rotatable bonds is 70. The Labute approximate surface area is 513 Å². The van der Waals surface area contributed by atoms with Gasteiger partial charge in [0.1, 0.15) is 0 Å². The Balaban J connectivity index is 3.44. The van der Waals surface area contributed by atoms with Crippen LogP contribution in [0.25, 0.3) is 0 Å². The molecule has 1 amide bonds. The highest BCUT2D eigenvalue weighted by Gasteiger charge is 2.20. The topological polar surface area (TPSA) is 95.9 Å². The molecule has 3 N–H and O–H groups in total. The van der Waals surface area contributed by atoms with Crippen LogP contribution in [-0.4, -0.2) is 47.4 Å². The number of hydrogen-bond donors (Lipinski definition) is 3. The molecule has 0 saturated carbocycles. The number of hydrogen-bond acceptors (Lipinski definition) is 5. The van der Waals surface area contributed by atoms with Crippen LogP contribution in [0.3, 0.4) is 0 Å². The molecule has 484 valence electrons. The first-order valence-electron chi connectivity index (χ1n) is 37.2. The number of carbonyl (C=O) groups is 2. The van der Waals surface area contributed by atoms with Gasteiger partial charge in [-0.05, 0) is 83.5 Å². The van der Waals surface area contributed by atoms with Gasteiger partial charge in [-0.3, -0.25) is 9.59 Å². The van der Waals surface area contributed by atoms with Gasteiger partial charge in [0.2, 0.25) is 5.91 Å². The van der Waals surface area contributed by atoms with Gasteiger partial charge in [-0.25, -0.2) is 0 Å². The van der Waals surface area contributed by atoms with Crippen molar-refractivity contribution in [1.29, 1.82) is 0 Å². The molecule has 0 aliphatic heterocycles. The monoisotopic (exact) mass is 1150 g/mol. The number of esters is 1. The standard InChI is InChI=1S/C76H145NO5/c1-3-5-7-9-11-13-15-17-19-21-22-23-24-25-27-30-33-37-40-44-48-52-56-60-64-68-74(79)73(72-78)77-75(80)69-65-61-57-53-49-45-41-38-34-31-28-26-29-32-35-39-43-47-51-55-59-63-67-71-82-76(81)70-66-62-58-54-50-46-42-36-20-18-16-14-12-10-8-6-4-2/h18,20,26,29,31,34,73-74,78-79H,3-17,19,21-25,27-28,30,32-33,35-72H2,1-2H3,(H,77,80)/b20-18-,29-26-,34-31-. The number of aliphatic hydroxyl groups excluding tert-OH is 2. The van der Waals surface area contributed by atoms with Crippen LogP contribution in [0.15, 0.2) is 36.5 Å². The summed E-state index contributed by atoms with van der Waals surface area (Å²) < 4.78 is 5.50. The number of amides is 1. The first-order chi connectivity index (χ1) is 40.5. The molecule has 6 nitrogen and oxygen atoms in total. The van der Waals surface area contributed by atoms with Gasteiger partial charge in [0.25, 0.3) is 0 Å². The first-order valence-corrected chi connectivity index (χ1v) is 37.2. The molecule has 2 atom stereocenters. The summed E-state index contributed by atoms with van der Waals surface area (Å²) in [6.45, 7) is 4.98. The van der Waals surface area contributed by atoms with E-state index in [-0.39, 0.29) is 18.5 Å². The summed E-state index contributed by atoms with van der Waals surface area (Å²) in [7, 11) is 0. The third kappa shape index (κ3) is 67.2. The largest absolute Gasteiger partial charge is 0.466 e. The van der Waals surface area contributed by atoms with Crippen molar-refractivity contribution in [3.05, 3.63) is 36.5 Å². The minimum Gasteiger partial charge on any atom is -0.466 e. The number of carbonyl (C=O) groups excluding carboxylic acids is 2. The molecule has 2 unspecified atom stereocenters. The van der Waals surface area contributed by atoms with E-state index in [4.69, 9.17) is 4.74 Å². The Kier molecular flexibility index (Phi) is 69.9. The maximum atomic E-state index is 12.6. The molecular formula is C76H145NO5. The number of allylic oxidation sites excluding steroid dienone is 6. The van der Waals surface area contributed by atoms with Crippen LogP contribution in [0.5, 0.6) is 0 Å². The summed E-state index contributed by atoms with van der Waals surface area (Å²) in [6.07, 6.45) is 92.0. The van der Waals surface area contributed by atoms with E-state index >= 15 is 0 Å². The lowest BCUT2D eigenvalue weighted by Gasteiger charge is -2.22. The van der Waals surface area contributed by atoms with E-state index in [0.717, 1.165) is 57.8 Å². The fourth-order valence-electron chi connectivity index (χ4n) is 11.7. The molecule has 0 aliphatic rings. The zero-order chi connectivity index (χ0) is 59.2. The number of unbranched alkanes of at least 4 members (excludes halogenated alkanes) is 53. The maximum absolute atomic E-state index is 12.6. The Morgan fingerprint density at radius 1 is 0.341 bits per heavy atom. The molecule has 6 heteroatoms. The Hall–Kier alpha value is -1.92. The molecule has 0 fully saturated rings. The van der Waals surface area contributed by atoms with Crippen LogP contribution < -0.4 is 5.32 Å². The van der Waals surface area contributed by atoms with Crippen molar-refractivity contribution in [2.45, 2.75) is 424 Å². The fourth-order valence-corrected chi connectivity index (χ4v) is 11.7. The molecule has 0 rings (SSSR count). The van der Waals surface area contributed by atoms with E-state index in [0.29, 0.717) is 25.9 Å². The van der Waals surface area contributed by atoms with Crippen molar-refractivity contribution >= 4 is 11.9 Å². The number of nitrogens with one attached hydrogen (secondary N) is 1. The summed E-state index contributed by atoms with van der Waals surface area (Å²) in [5.41, 5.74) is 0. The van der Waals surface area contributed by atoms with E-state index in [1.165, 1.54) is 321 Å². The average Bonchev–Trinajstić information content (AvgIpc) is 3.48. The maximum Gasteiger partial charge on any atom is 0.305 e. The van der Waals surface area contributed by atoms with Crippen molar-refractivity contribution in [2.24, 2.45) is 0 Å². The normalized spacial score (nSPS) is 12.7. The van der Waals surface area contributed by atoms with Crippen LogP contribution in [0.2, 0.25) is 0 Å². The Morgan fingerprint density at radius 2 is 0.610 bits per heavy atom. The van der Waals surface area contributed by atoms with Crippen LogP contribution in [0, 0.1) is 0 Å². The molecule has 0 aliphatic carbocycles. The molecule has 82 heavy (non-hydrogen) atoms. The number of ether oxygens (including phenoxy) is 1. The fraction of sp³-hybridized carbons (Fsp3) is 0.895. The minimum absolute atomic E-state index is 0.00461. The highest BCUT2D eigenvalue weighted by Crippen LogP contribution is 2.19. The summed E-state index contributed by atoms with van der Waals surface area (Å²) in [5.74, 6) is -0.0363. The van der Waals surface area contributed by atoms with Gasteiger partial charge in [-0.2, -0.15) is 0 Å². The van der Waals surface area contributed by atoms with E-state index in [1.54, 1.807) is 0 Å². The minimum atomic E-state index is -0.673. The predicted molar refractivity (Wildman–Crippen MR) is 361 cm³/mol. The lowest BCUT2D eigenvalue weighted by molar-refractivity contribution is -0.143. The van der Waals surface area contributed by atoms with Gasteiger partial charge in [-0.15, -0.1) is 0 Å². The molecule has 0 aromatic rings. The van der Waals surface area contributed by atoms with E-state index in [1.807, 2.05) is 0 Å². The van der Waals surface area contributed by atoms with E-state index < -0.39 is 12.1 Å². The molecule has 0 heterocycles. The summed E-state index contributed by atoms with van der Waals surface area (Å²) >= 11 is 0. The smallest absolute Gasteiger partial charge is 0.305 e. The lowest BCUT2D eigenvalue weighted by atomic mass is 10.0. The first kappa shape index (κ1) is 80.1. The van der Waals surface area contributed by atoms with Gasteiger partial charge < -0.3 is 20.3 Å². The molecular weight excluding hydrogens is 1010 g/mol. The van der Waals surface area contributed by atoms with E-state index in [2.05, 4.69) is 55.6 Å². The molecule has 0 aromatic heterocycles. The molecule has 0 radical (unpaired) electrons. The number of aliphatic hydroxyl groups is 2. The quantitative estimate of drug-likeness (QED) is 0.0320. The van der Waals surface area contributed by atoms with Gasteiger partial charge in [-0.1, -0.05) is 352 Å². The summed E-state index contributed by atoms with van der Waals surface area (Å²) in [6, 6.07) is -0.551. The van der Waals surface area contributed by atoms with Gasteiger partial charge in [0, 0.05) is 12.8 Å². The third-order valence-electron chi connectivity index (χ3n) is 17.4. The van der Waals surface area contributed by atoms with Gasteiger partial charge in [0.05, 0.1) is 25.4 Å². The predicted octanol–water partition coefficient (Wildman–Crippen LogP) is 24.3. The molecule has 0 saturated heterocycles. The summed E-state index contributed by atoms with van der Waals surface area (Å²) in [4.78, 5) is 24.7. The van der Waals surface area contributed by atoms with Crippen molar-refractivity contribution in [3.8, 4) is 0 Å². The van der Waals surface area contributed by atoms with Crippen molar-refractivity contribution in [1.82, 2.24) is 5.32 Å². The van der Waals surface area contributed by atoms with Gasteiger partial charge in [0.15, 0.2) is 0 Å². The van der Waals surface area contributed by atoms with Crippen LogP contribution in [-0.2, 0) is 14.3 Å². The highest BCUT2D eigenvalue weighted by atomic mass is 16.5. The Morgan fingerprint density at radius 3 is 0.939 bits per heavy atom. The van der Waals surface area contributed by atoms with Crippen LogP contribution >= 0.6 is 0 Å². The second kappa shape index (κ2) is 71.6. The second-order valence-corrected chi connectivity index (χ2v) is 25.6. The zero-order valence-corrected chi connectivity index (χ0v) is 55.5. The molecule has 0 aromatic carbocycles. The van der Waals surface area contributed by atoms with Crippen LogP contribution in [0.4, 0.5) is 0 Å². The molecule has 0 bridgehead atoms.